The lowest BCUT2D eigenvalue weighted by atomic mass is 9.97. The number of anilines is 1. The van der Waals surface area contributed by atoms with Crippen molar-refractivity contribution in [3.05, 3.63) is 116 Å². The topological polar surface area (TPSA) is 142 Å². The molecule has 0 aromatic heterocycles. The first-order chi connectivity index (χ1) is 26.2. The van der Waals surface area contributed by atoms with Crippen LogP contribution in [0.25, 0.3) is 0 Å². The van der Waals surface area contributed by atoms with Gasteiger partial charge < -0.3 is 27.0 Å². The maximum atomic E-state index is 13.0. The third kappa shape index (κ3) is 21.5. The lowest BCUT2D eigenvalue weighted by Crippen LogP contribution is -2.49. The lowest BCUT2D eigenvalue weighted by Gasteiger charge is -2.27. The third-order valence-electron chi connectivity index (χ3n) is 7.79. The number of allylic oxidation sites excluding steroid dienone is 3. The molecule has 4 atom stereocenters. The molecule has 1 heterocycles. The van der Waals surface area contributed by atoms with Crippen LogP contribution in [-0.2, 0) is 25.6 Å². The molecule has 0 radical (unpaired) electrons. The normalized spacial score (nSPS) is 17.6. The highest BCUT2D eigenvalue weighted by Gasteiger charge is 2.33. The summed E-state index contributed by atoms with van der Waals surface area (Å²) in [5.41, 5.74) is 8.20. The van der Waals surface area contributed by atoms with Gasteiger partial charge in [0.15, 0.2) is 0 Å². The Morgan fingerprint density at radius 1 is 0.944 bits per heavy atom. The van der Waals surface area contributed by atoms with Gasteiger partial charge in [-0.05, 0) is 73.6 Å². The molecule has 1 saturated carbocycles. The Kier molecular flexibility index (Phi) is 30.9. The van der Waals surface area contributed by atoms with Gasteiger partial charge in [0.2, 0.25) is 23.6 Å². The van der Waals surface area contributed by atoms with E-state index in [9.17, 15) is 19.2 Å². The van der Waals surface area contributed by atoms with Gasteiger partial charge in [0.25, 0.3) is 0 Å². The van der Waals surface area contributed by atoms with Gasteiger partial charge in [0, 0.05) is 29.6 Å². The van der Waals surface area contributed by atoms with E-state index in [-0.39, 0.29) is 47.4 Å². The Labute approximate surface area is 330 Å². The van der Waals surface area contributed by atoms with Crippen LogP contribution in [0.1, 0.15) is 78.7 Å². The van der Waals surface area contributed by atoms with Crippen LogP contribution in [0, 0.1) is 18.8 Å². The number of nitrogens with one attached hydrogen (secondary N) is 4. The minimum Gasteiger partial charge on any atom is -0.373 e. The quantitative estimate of drug-likeness (QED) is 0.105. The zero-order valence-corrected chi connectivity index (χ0v) is 34.0. The Balaban J connectivity index is 0. The van der Waals surface area contributed by atoms with Crippen LogP contribution in [0.2, 0.25) is 0 Å². The van der Waals surface area contributed by atoms with Gasteiger partial charge in [-0.2, -0.15) is 11.8 Å². The number of amides is 4. The molecule has 2 aliphatic rings. The van der Waals surface area contributed by atoms with Gasteiger partial charge in [-0.1, -0.05) is 102 Å². The Morgan fingerprint density at radius 2 is 1.52 bits per heavy atom. The van der Waals surface area contributed by atoms with Crippen molar-refractivity contribution in [3.8, 4) is 12.8 Å². The number of hydrogen-bond donors (Lipinski definition) is 5. The molecule has 4 amide bonds. The summed E-state index contributed by atoms with van der Waals surface area (Å²) in [6, 6.07) is 19.2. The van der Waals surface area contributed by atoms with Gasteiger partial charge in [-0.25, -0.2) is 0 Å². The van der Waals surface area contributed by atoms with Gasteiger partial charge in [0.1, 0.15) is 6.04 Å². The molecule has 2 aromatic rings. The van der Waals surface area contributed by atoms with Crippen molar-refractivity contribution in [1.29, 1.82) is 0 Å². The summed E-state index contributed by atoms with van der Waals surface area (Å²) >= 11 is 1.83. The number of thioether (sulfide) groups is 1. The molecule has 1 aliphatic heterocycles. The molecule has 4 rings (SSSR count). The first kappa shape index (κ1) is 51.1. The average molecular weight is 760 g/mol. The molecule has 6 N–H and O–H groups in total. The Bertz CT molecular complexity index is 1420. The van der Waals surface area contributed by atoms with Crippen LogP contribution >= 0.6 is 11.8 Å². The van der Waals surface area contributed by atoms with Crippen molar-refractivity contribution in [1.82, 2.24) is 16.0 Å². The third-order valence-corrected chi connectivity index (χ3v) is 9.25. The van der Waals surface area contributed by atoms with Crippen molar-refractivity contribution in [3.63, 3.8) is 0 Å². The molecule has 0 spiro atoms. The number of primary amides is 1. The van der Waals surface area contributed by atoms with Crippen LogP contribution in [0.3, 0.4) is 0 Å². The van der Waals surface area contributed by atoms with E-state index < -0.39 is 6.04 Å². The number of carbonyl (C=O) groups is 4. The molecule has 54 heavy (non-hydrogen) atoms. The Hall–Kier alpha value is -5.01. The molecule has 296 valence electrons. The van der Waals surface area contributed by atoms with E-state index >= 15 is 0 Å². The monoisotopic (exact) mass is 759 g/mol. The minimum absolute atomic E-state index is 0.0139. The van der Waals surface area contributed by atoms with Crippen molar-refractivity contribution in [2.24, 2.45) is 11.7 Å². The number of carbonyl (C=O) groups excluding carboxylic acids is 4. The summed E-state index contributed by atoms with van der Waals surface area (Å²) in [6.45, 7) is 23.0. The molecular weight excluding hydrogens is 695 g/mol. The fourth-order valence-corrected chi connectivity index (χ4v) is 7.08. The highest BCUT2D eigenvalue weighted by Crippen LogP contribution is 2.36. The zero-order valence-electron chi connectivity index (χ0n) is 33.2. The highest BCUT2D eigenvalue weighted by molar-refractivity contribution is 7.99. The second-order valence-corrected chi connectivity index (χ2v) is 12.9. The lowest BCUT2D eigenvalue weighted by molar-refractivity contribution is -0.127. The fourth-order valence-electron chi connectivity index (χ4n) is 5.53. The maximum Gasteiger partial charge on any atom is 0.242 e. The summed E-state index contributed by atoms with van der Waals surface area (Å²) in [5, 5.41) is 12.5. The molecule has 2 aromatic carbocycles. The van der Waals surface area contributed by atoms with E-state index in [2.05, 4.69) is 78.3 Å². The molecular formula is C44H65N5O4S. The number of para-hydroxylation sites is 1. The summed E-state index contributed by atoms with van der Waals surface area (Å²) in [5.74, 6) is 0.157. The summed E-state index contributed by atoms with van der Waals surface area (Å²) < 4.78 is 0. The number of rotatable bonds is 13. The predicted molar refractivity (Wildman–Crippen MR) is 231 cm³/mol. The van der Waals surface area contributed by atoms with E-state index in [1.165, 1.54) is 6.92 Å². The van der Waals surface area contributed by atoms with Crippen molar-refractivity contribution < 1.29 is 19.2 Å². The summed E-state index contributed by atoms with van der Waals surface area (Å²) in [4.78, 5) is 47.9. The van der Waals surface area contributed by atoms with Crippen LogP contribution in [0.5, 0.6) is 0 Å². The molecule has 1 aliphatic carbocycles. The largest absolute Gasteiger partial charge is 0.373 e. The van der Waals surface area contributed by atoms with E-state index in [0.717, 1.165) is 54.0 Å². The highest BCUT2D eigenvalue weighted by atomic mass is 32.2. The van der Waals surface area contributed by atoms with Gasteiger partial charge >= 0.3 is 0 Å². The van der Waals surface area contributed by atoms with Crippen LogP contribution in [-0.4, -0.2) is 53.3 Å². The molecule has 0 bridgehead atoms. The van der Waals surface area contributed by atoms with E-state index in [0.29, 0.717) is 19.3 Å². The standard InChI is InChI=1S/C34H42N4O3S.C2H5NO.2C2H6.C2H4.C2H2/c1-3-11-29-24(2)18-19-30(38-29)34(41)35-23-32(39)36-27(22-25-12-6-4-7-13-25)20-21-42-31-17-10-16-28(31)33(40)37-26-14-8-5-9-15-26;1-2(3)4;4*1-2/h3-9,11-15,27-28,30-31,38H,1-2,10,16-23H2,(H,35,41)(H,36,39)(H,37,40);1H3,(H2,3,4);2*1-2H3;1-2H2;1-2H/b29-11+;;;;;/t27-,28-,30?,31-;;;;;/m1...../s1. The number of terminal acetylenes is 1. The molecule has 9 nitrogen and oxygen atoms in total. The first-order valence-electron chi connectivity index (χ1n) is 18.6. The molecule has 10 heteroatoms. The second-order valence-electron chi connectivity index (χ2n) is 11.5. The molecule has 1 unspecified atom stereocenters. The number of nitrogens with two attached hydrogens (primary N) is 1. The second kappa shape index (κ2) is 32.6. The van der Waals surface area contributed by atoms with Crippen molar-refractivity contribution >= 4 is 41.1 Å². The van der Waals surface area contributed by atoms with Gasteiger partial charge in [0.05, 0.1) is 12.5 Å². The first-order valence-corrected chi connectivity index (χ1v) is 19.7. The summed E-state index contributed by atoms with van der Waals surface area (Å²) in [7, 11) is 0. The summed E-state index contributed by atoms with van der Waals surface area (Å²) in [6.07, 6.45) is 17.2. The van der Waals surface area contributed by atoms with E-state index in [1.54, 1.807) is 6.08 Å². The predicted octanol–water partition coefficient (Wildman–Crippen LogP) is 7.73. The smallest absolute Gasteiger partial charge is 0.242 e. The van der Waals surface area contributed by atoms with Gasteiger partial charge in [-0.3, -0.25) is 19.2 Å². The zero-order chi connectivity index (χ0) is 41.3. The van der Waals surface area contributed by atoms with Crippen LogP contribution < -0.4 is 27.0 Å². The van der Waals surface area contributed by atoms with Crippen molar-refractivity contribution in [2.75, 3.05) is 17.6 Å². The minimum atomic E-state index is -0.413. The Morgan fingerprint density at radius 3 is 2.09 bits per heavy atom. The molecule has 1 saturated heterocycles. The van der Waals surface area contributed by atoms with Crippen molar-refractivity contribution in [2.45, 2.75) is 96.9 Å². The number of benzene rings is 2. The van der Waals surface area contributed by atoms with E-state index in [1.807, 2.05) is 94.1 Å². The SMILES string of the molecule is C#C.C=C.C=C/C=C1/NC(C(=O)NCC(=O)N[C@H](CCS[C@@H]2CCC[C@H]2C(=O)Nc2ccccc2)Cc2ccccc2)CCC1=C.CC.CC.CC(N)=O. The average Bonchev–Trinajstić information content (AvgIpc) is 3.67. The number of piperidine rings is 1. The van der Waals surface area contributed by atoms with Crippen LogP contribution in [0.4, 0.5) is 5.69 Å². The van der Waals surface area contributed by atoms with Crippen LogP contribution in [0.15, 0.2) is 110 Å². The maximum absolute atomic E-state index is 13.0. The molecule has 2 fully saturated rings. The number of hydrogen-bond acceptors (Lipinski definition) is 6. The van der Waals surface area contributed by atoms with E-state index in [4.69, 9.17) is 0 Å². The fraction of sp³-hybridized carbons (Fsp3) is 0.409. The van der Waals surface area contributed by atoms with Gasteiger partial charge in [-0.15, -0.1) is 26.0 Å².